The lowest BCUT2D eigenvalue weighted by molar-refractivity contribution is -0.135. The zero-order valence-corrected chi connectivity index (χ0v) is 10.3. The number of hydrogen-bond acceptors (Lipinski definition) is 3. The van der Waals surface area contributed by atoms with Crippen molar-refractivity contribution in [2.24, 2.45) is 0 Å². The van der Waals surface area contributed by atoms with E-state index in [0.717, 1.165) is 0 Å². The Morgan fingerprint density at radius 1 is 1.18 bits per heavy atom. The lowest BCUT2D eigenvalue weighted by Crippen LogP contribution is -2.54. The minimum atomic E-state index is -4.12. The summed E-state index contributed by atoms with van der Waals surface area (Å²) in [5.41, 5.74) is -0.794. The first-order chi connectivity index (χ1) is 7.78. The van der Waals surface area contributed by atoms with Gasteiger partial charge in [-0.25, -0.2) is 0 Å². The Labute approximate surface area is 100 Å². The van der Waals surface area contributed by atoms with E-state index in [9.17, 15) is 23.4 Å². The molecule has 0 heterocycles. The number of rotatable bonds is 8. The zero-order valence-electron chi connectivity index (χ0n) is 10.3. The highest BCUT2D eigenvalue weighted by molar-refractivity contribution is 4.87. The lowest BCUT2D eigenvalue weighted by Gasteiger charge is -2.33. The Morgan fingerprint density at radius 3 is 2.06 bits per heavy atom. The fourth-order valence-corrected chi connectivity index (χ4v) is 1.67. The second kappa shape index (κ2) is 7.18. The van der Waals surface area contributed by atoms with Crippen molar-refractivity contribution >= 4 is 0 Å². The Kier molecular flexibility index (Phi) is 7.04. The molecule has 0 aromatic carbocycles. The van der Waals surface area contributed by atoms with Crippen LogP contribution in [0.5, 0.6) is 0 Å². The molecule has 0 fully saturated rings. The third kappa shape index (κ3) is 6.85. The van der Waals surface area contributed by atoms with Crippen LogP contribution in [0, 0.1) is 0 Å². The maximum atomic E-state index is 11.9. The first-order valence-corrected chi connectivity index (χ1v) is 5.84. The Morgan fingerprint density at radius 2 is 1.71 bits per heavy atom. The summed E-state index contributed by atoms with van der Waals surface area (Å²) in [6, 6.07) is -0.170. The van der Waals surface area contributed by atoms with Gasteiger partial charge in [0.25, 0.3) is 0 Å². The monoisotopic (exact) mass is 257 g/mol. The van der Waals surface area contributed by atoms with E-state index in [2.05, 4.69) is 5.32 Å². The van der Waals surface area contributed by atoms with Crippen molar-refractivity contribution in [2.75, 3.05) is 13.2 Å². The van der Waals surface area contributed by atoms with E-state index >= 15 is 0 Å². The molecule has 0 radical (unpaired) electrons. The molecule has 3 N–H and O–H groups in total. The first-order valence-electron chi connectivity index (χ1n) is 5.84. The number of halogens is 3. The van der Waals surface area contributed by atoms with E-state index < -0.39 is 18.1 Å². The average Bonchev–Trinajstić information content (AvgIpc) is 2.24. The van der Waals surface area contributed by atoms with Gasteiger partial charge in [-0.2, -0.15) is 13.2 Å². The van der Waals surface area contributed by atoms with Crippen molar-refractivity contribution in [2.45, 2.75) is 57.3 Å². The molecule has 0 rings (SSSR count). The SMILES string of the molecule is CCC(CO)(CO)NC(C)CCCC(F)(F)F. The summed E-state index contributed by atoms with van der Waals surface area (Å²) in [5.74, 6) is 0. The molecule has 104 valence electrons. The molecule has 0 aliphatic rings. The molecule has 0 aromatic rings. The smallest absolute Gasteiger partial charge is 0.389 e. The highest BCUT2D eigenvalue weighted by Crippen LogP contribution is 2.23. The molecule has 17 heavy (non-hydrogen) atoms. The van der Waals surface area contributed by atoms with Gasteiger partial charge in [0.2, 0.25) is 0 Å². The maximum Gasteiger partial charge on any atom is 0.389 e. The fraction of sp³-hybridized carbons (Fsp3) is 1.00. The summed E-state index contributed by atoms with van der Waals surface area (Å²) in [4.78, 5) is 0. The van der Waals surface area contributed by atoms with E-state index in [4.69, 9.17) is 0 Å². The van der Waals surface area contributed by atoms with Crippen LogP contribution in [0.4, 0.5) is 13.2 Å². The fourth-order valence-electron chi connectivity index (χ4n) is 1.67. The number of hydrogen-bond donors (Lipinski definition) is 3. The van der Waals surface area contributed by atoms with Gasteiger partial charge in [-0.05, 0) is 26.2 Å². The molecule has 0 aliphatic heterocycles. The molecule has 3 nitrogen and oxygen atoms in total. The Balaban J connectivity index is 4.03. The van der Waals surface area contributed by atoms with Gasteiger partial charge < -0.3 is 15.5 Å². The van der Waals surface area contributed by atoms with Crippen LogP contribution in [-0.2, 0) is 0 Å². The molecule has 0 aromatic heterocycles. The van der Waals surface area contributed by atoms with Gasteiger partial charge in [-0.3, -0.25) is 0 Å². The van der Waals surface area contributed by atoms with Gasteiger partial charge in [0.15, 0.2) is 0 Å². The number of aliphatic hydroxyl groups excluding tert-OH is 2. The van der Waals surface area contributed by atoms with Crippen LogP contribution in [0.1, 0.15) is 39.5 Å². The average molecular weight is 257 g/mol. The Hall–Kier alpha value is -0.330. The van der Waals surface area contributed by atoms with Crippen LogP contribution in [0.25, 0.3) is 0 Å². The van der Waals surface area contributed by atoms with Crippen molar-refractivity contribution in [1.82, 2.24) is 5.32 Å². The van der Waals surface area contributed by atoms with Crippen LogP contribution in [-0.4, -0.2) is 41.2 Å². The predicted molar refractivity (Wildman–Crippen MR) is 59.7 cm³/mol. The number of alkyl halides is 3. The number of aliphatic hydroxyl groups is 2. The lowest BCUT2D eigenvalue weighted by atomic mass is 9.96. The van der Waals surface area contributed by atoms with Crippen molar-refractivity contribution in [1.29, 1.82) is 0 Å². The maximum absolute atomic E-state index is 11.9. The summed E-state index contributed by atoms with van der Waals surface area (Å²) < 4.78 is 35.8. The van der Waals surface area contributed by atoms with Gasteiger partial charge in [0.05, 0.1) is 18.8 Å². The van der Waals surface area contributed by atoms with Gasteiger partial charge in [0, 0.05) is 12.5 Å². The molecular weight excluding hydrogens is 235 g/mol. The normalized spacial score (nSPS) is 15.0. The van der Waals surface area contributed by atoms with Crippen LogP contribution in [0.2, 0.25) is 0 Å². The van der Waals surface area contributed by atoms with E-state index in [1.807, 2.05) is 6.92 Å². The zero-order chi connectivity index (χ0) is 13.5. The van der Waals surface area contributed by atoms with Gasteiger partial charge in [-0.1, -0.05) is 6.92 Å². The molecule has 1 atom stereocenters. The summed E-state index contributed by atoms with van der Waals surface area (Å²) in [7, 11) is 0. The molecular formula is C11H22F3NO2. The second-order valence-corrected chi connectivity index (χ2v) is 4.50. The van der Waals surface area contributed by atoms with Gasteiger partial charge in [0.1, 0.15) is 0 Å². The molecule has 0 saturated carbocycles. The van der Waals surface area contributed by atoms with Crippen LogP contribution < -0.4 is 5.32 Å². The largest absolute Gasteiger partial charge is 0.394 e. The van der Waals surface area contributed by atoms with E-state index in [1.54, 1.807) is 6.92 Å². The van der Waals surface area contributed by atoms with Gasteiger partial charge in [-0.15, -0.1) is 0 Å². The molecule has 0 bridgehead atoms. The summed E-state index contributed by atoms with van der Waals surface area (Å²) >= 11 is 0. The summed E-state index contributed by atoms with van der Waals surface area (Å²) in [6.45, 7) is 3.10. The highest BCUT2D eigenvalue weighted by Gasteiger charge is 2.29. The van der Waals surface area contributed by atoms with Crippen molar-refractivity contribution in [3.8, 4) is 0 Å². The van der Waals surface area contributed by atoms with E-state index in [0.29, 0.717) is 12.8 Å². The topological polar surface area (TPSA) is 52.5 Å². The molecule has 6 heteroatoms. The Bertz CT molecular complexity index is 197. The minimum Gasteiger partial charge on any atom is -0.394 e. The standard InChI is InChI=1S/C11H22F3NO2/c1-3-10(7-16,8-17)15-9(2)5-4-6-11(12,13)14/h9,15-17H,3-8H2,1-2H3. The quantitative estimate of drug-likeness (QED) is 0.622. The first kappa shape index (κ1) is 16.7. The van der Waals surface area contributed by atoms with Crippen molar-refractivity contribution < 1.29 is 23.4 Å². The molecule has 0 saturated heterocycles. The van der Waals surface area contributed by atoms with Crippen LogP contribution >= 0.6 is 0 Å². The predicted octanol–water partition coefficient (Wildman–Crippen LogP) is 1.83. The van der Waals surface area contributed by atoms with E-state index in [1.165, 1.54) is 0 Å². The summed E-state index contributed by atoms with van der Waals surface area (Å²) in [5, 5.41) is 21.4. The molecule has 0 spiro atoms. The third-order valence-electron chi connectivity index (χ3n) is 2.93. The second-order valence-electron chi connectivity index (χ2n) is 4.50. The van der Waals surface area contributed by atoms with Crippen molar-refractivity contribution in [3.05, 3.63) is 0 Å². The van der Waals surface area contributed by atoms with Crippen molar-refractivity contribution in [3.63, 3.8) is 0 Å². The molecule has 0 amide bonds. The summed E-state index contributed by atoms with van der Waals surface area (Å²) in [6.07, 6.45) is -3.98. The molecule has 0 aliphatic carbocycles. The third-order valence-corrected chi connectivity index (χ3v) is 2.93. The van der Waals surface area contributed by atoms with Crippen LogP contribution in [0.3, 0.4) is 0 Å². The van der Waals surface area contributed by atoms with Gasteiger partial charge >= 0.3 is 6.18 Å². The number of nitrogens with one attached hydrogen (secondary N) is 1. The van der Waals surface area contributed by atoms with E-state index in [-0.39, 0.29) is 25.7 Å². The highest BCUT2D eigenvalue weighted by atomic mass is 19.4. The molecule has 1 unspecified atom stereocenters. The minimum absolute atomic E-state index is 0.0499. The van der Waals surface area contributed by atoms with Crippen LogP contribution in [0.15, 0.2) is 0 Å².